The molecule has 0 aliphatic heterocycles. The molecule has 0 radical (unpaired) electrons. The number of anilines is 1. The summed E-state index contributed by atoms with van der Waals surface area (Å²) in [6.07, 6.45) is 6.54. The fourth-order valence-electron chi connectivity index (χ4n) is 5.01. The molecule has 3 N–H and O–H groups in total. The molecule has 26 heavy (non-hydrogen) atoms. The van der Waals surface area contributed by atoms with Gasteiger partial charge in [0, 0.05) is 12.7 Å². The molecule has 2 aliphatic rings. The largest absolute Gasteiger partial charge is 0.370 e. The molecule has 1 aromatic heterocycles. The molecule has 2 atom stereocenters. The second-order valence-corrected chi connectivity index (χ2v) is 9.19. The van der Waals surface area contributed by atoms with E-state index in [1.54, 1.807) is 18.3 Å². The predicted octanol–water partition coefficient (Wildman–Crippen LogP) is 3.42. The number of benzene rings is 1. The smallest absolute Gasteiger partial charge is 0.238 e. The van der Waals surface area contributed by atoms with Gasteiger partial charge in [0.1, 0.15) is 5.82 Å². The van der Waals surface area contributed by atoms with Crippen LogP contribution in [0.4, 0.5) is 5.82 Å². The number of aromatic nitrogens is 1. The minimum absolute atomic E-state index is 0.205. The molecule has 2 aliphatic carbocycles. The highest BCUT2D eigenvalue weighted by Crippen LogP contribution is 2.72. The van der Waals surface area contributed by atoms with E-state index in [1.165, 1.54) is 12.8 Å². The summed E-state index contributed by atoms with van der Waals surface area (Å²) in [7, 11) is -3.71. The van der Waals surface area contributed by atoms with Crippen LogP contribution in [0.3, 0.4) is 0 Å². The van der Waals surface area contributed by atoms with Crippen molar-refractivity contribution in [1.82, 2.24) is 4.98 Å². The lowest BCUT2D eigenvalue weighted by Crippen LogP contribution is -2.15. The number of nitrogens with one attached hydrogen (secondary N) is 1. The summed E-state index contributed by atoms with van der Waals surface area (Å²) in [5, 5.41) is 8.98. The van der Waals surface area contributed by atoms with E-state index in [-0.39, 0.29) is 16.2 Å². The third-order valence-electron chi connectivity index (χ3n) is 6.25. The van der Waals surface area contributed by atoms with Gasteiger partial charge in [-0.15, -0.1) is 0 Å². The minimum atomic E-state index is -3.71. The quantitative estimate of drug-likeness (QED) is 0.843. The van der Waals surface area contributed by atoms with E-state index in [0.29, 0.717) is 5.92 Å². The highest BCUT2D eigenvalue weighted by molar-refractivity contribution is 7.89. The first-order valence-electron chi connectivity index (χ1n) is 9.21. The number of primary sulfonamides is 1. The van der Waals surface area contributed by atoms with Crippen molar-refractivity contribution < 1.29 is 8.42 Å². The zero-order chi connectivity index (χ0) is 18.4. The summed E-state index contributed by atoms with van der Waals surface area (Å²) >= 11 is 0. The Labute approximate surface area is 155 Å². The number of hydrogen-bond donors (Lipinski definition) is 2. The van der Waals surface area contributed by atoms with Crippen LogP contribution in [0.1, 0.15) is 42.7 Å². The Hall–Kier alpha value is -1.92. The molecule has 1 aromatic carbocycles. The van der Waals surface area contributed by atoms with Crippen molar-refractivity contribution >= 4 is 15.8 Å². The van der Waals surface area contributed by atoms with Crippen LogP contribution in [-0.2, 0) is 10.0 Å². The number of nitrogens with zero attached hydrogens (tertiary/aromatic N) is 1. The Kier molecular flexibility index (Phi) is 4.28. The highest BCUT2D eigenvalue weighted by atomic mass is 32.2. The van der Waals surface area contributed by atoms with Crippen molar-refractivity contribution in [3.63, 3.8) is 0 Å². The second kappa shape index (κ2) is 6.35. The van der Waals surface area contributed by atoms with Gasteiger partial charge in [-0.25, -0.2) is 18.5 Å². The van der Waals surface area contributed by atoms with Gasteiger partial charge in [0.2, 0.25) is 10.0 Å². The Morgan fingerprint density at radius 3 is 2.62 bits per heavy atom. The monoisotopic (exact) mass is 371 g/mol. The van der Waals surface area contributed by atoms with E-state index in [1.807, 2.05) is 31.2 Å². The Bertz CT molecular complexity index is 920. The maximum Gasteiger partial charge on any atom is 0.238 e. The van der Waals surface area contributed by atoms with Crippen molar-refractivity contribution in [3.05, 3.63) is 53.7 Å². The molecule has 0 saturated heterocycles. The van der Waals surface area contributed by atoms with E-state index in [0.717, 1.165) is 36.3 Å². The van der Waals surface area contributed by atoms with Gasteiger partial charge in [-0.1, -0.05) is 37.1 Å². The lowest BCUT2D eigenvalue weighted by atomic mass is 9.97. The summed E-state index contributed by atoms with van der Waals surface area (Å²) < 4.78 is 24.1. The third-order valence-corrected chi connectivity index (χ3v) is 7.23. The van der Waals surface area contributed by atoms with Crippen LogP contribution >= 0.6 is 0 Å². The van der Waals surface area contributed by atoms with Gasteiger partial charge in [0.05, 0.1) is 4.90 Å². The van der Waals surface area contributed by atoms with Gasteiger partial charge in [-0.2, -0.15) is 0 Å². The van der Waals surface area contributed by atoms with Crippen LogP contribution in [0, 0.1) is 18.3 Å². The van der Waals surface area contributed by atoms with Crippen molar-refractivity contribution in [1.29, 1.82) is 0 Å². The van der Waals surface area contributed by atoms with Crippen molar-refractivity contribution in [2.24, 2.45) is 16.5 Å². The molecule has 4 rings (SSSR count). The first-order valence-corrected chi connectivity index (χ1v) is 10.8. The average molecular weight is 372 g/mol. The number of rotatable bonds is 5. The van der Waals surface area contributed by atoms with Gasteiger partial charge >= 0.3 is 0 Å². The summed E-state index contributed by atoms with van der Waals surface area (Å²) in [5.74, 6) is 1.57. The molecule has 2 fully saturated rings. The number of nitrogens with two attached hydrogens (primary N) is 1. The fraction of sp³-hybridized carbons (Fsp3) is 0.450. The molecule has 5 nitrogen and oxygen atoms in total. The van der Waals surface area contributed by atoms with Crippen LogP contribution in [0.25, 0.3) is 0 Å². The van der Waals surface area contributed by atoms with Gasteiger partial charge in [0.25, 0.3) is 0 Å². The average Bonchev–Trinajstić information content (AvgIpc) is 2.95. The lowest BCUT2D eigenvalue weighted by molar-refractivity contribution is 0.469. The standard InChI is InChI=1S/C20H25N3O2S/c1-14-7-6-12-22-19(14)23-13-16-18(20(16)10-4-5-11-20)15-8-2-3-9-17(15)26(21,24)25/h2-3,6-9,12,16,18H,4-5,10-11,13H2,1H3,(H,22,23)(H2,21,24,25). The molecule has 138 valence electrons. The lowest BCUT2D eigenvalue weighted by Gasteiger charge is -2.11. The molecule has 1 heterocycles. The summed E-state index contributed by atoms with van der Waals surface area (Å²) in [6.45, 7) is 2.85. The molecule has 2 saturated carbocycles. The molecule has 6 heteroatoms. The SMILES string of the molecule is Cc1cccnc1NCC1C(c2ccccc2S(N)(=O)=O)C12CCCC2. The first kappa shape index (κ1) is 17.5. The normalized spacial score (nSPS) is 23.9. The zero-order valence-electron chi connectivity index (χ0n) is 15.0. The maximum absolute atomic E-state index is 12.1. The maximum atomic E-state index is 12.1. The molecule has 2 aromatic rings. The molecule has 2 unspecified atom stereocenters. The number of aryl methyl sites for hydroxylation is 1. The summed E-state index contributed by atoms with van der Waals surface area (Å²) in [5.41, 5.74) is 2.22. The summed E-state index contributed by atoms with van der Waals surface area (Å²) in [6, 6.07) is 11.2. The molecule has 1 spiro atoms. The van der Waals surface area contributed by atoms with Crippen LogP contribution < -0.4 is 10.5 Å². The van der Waals surface area contributed by atoms with E-state index < -0.39 is 10.0 Å². The van der Waals surface area contributed by atoms with Gasteiger partial charge in [0.15, 0.2) is 0 Å². The van der Waals surface area contributed by atoms with E-state index in [2.05, 4.69) is 10.3 Å². The highest BCUT2D eigenvalue weighted by Gasteiger charge is 2.65. The van der Waals surface area contributed by atoms with Crippen molar-refractivity contribution in [2.75, 3.05) is 11.9 Å². The van der Waals surface area contributed by atoms with Gasteiger partial charge < -0.3 is 5.32 Å². The second-order valence-electron chi connectivity index (χ2n) is 7.66. The topological polar surface area (TPSA) is 85.1 Å². The zero-order valence-corrected chi connectivity index (χ0v) is 15.8. The van der Waals surface area contributed by atoms with Gasteiger partial charge in [-0.3, -0.25) is 0 Å². The van der Waals surface area contributed by atoms with Crippen molar-refractivity contribution in [2.45, 2.75) is 43.4 Å². The van der Waals surface area contributed by atoms with Crippen LogP contribution in [-0.4, -0.2) is 19.9 Å². The third kappa shape index (κ3) is 2.91. The number of hydrogen-bond acceptors (Lipinski definition) is 4. The Balaban J connectivity index is 1.63. The van der Waals surface area contributed by atoms with Crippen molar-refractivity contribution in [3.8, 4) is 0 Å². The number of sulfonamides is 1. The molecule has 0 bridgehead atoms. The predicted molar refractivity (Wildman–Crippen MR) is 102 cm³/mol. The van der Waals surface area contributed by atoms with E-state index in [9.17, 15) is 8.42 Å². The Morgan fingerprint density at radius 1 is 1.19 bits per heavy atom. The number of pyridine rings is 1. The molecular weight excluding hydrogens is 346 g/mol. The van der Waals surface area contributed by atoms with Crippen LogP contribution in [0.15, 0.2) is 47.5 Å². The fourth-order valence-corrected chi connectivity index (χ4v) is 5.81. The van der Waals surface area contributed by atoms with E-state index in [4.69, 9.17) is 5.14 Å². The van der Waals surface area contributed by atoms with Crippen LogP contribution in [0.5, 0.6) is 0 Å². The van der Waals surface area contributed by atoms with Gasteiger partial charge in [-0.05, 0) is 60.3 Å². The first-order chi connectivity index (χ1) is 12.4. The van der Waals surface area contributed by atoms with Crippen LogP contribution in [0.2, 0.25) is 0 Å². The Morgan fingerprint density at radius 2 is 1.92 bits per heavy atom. The molecule has 0 amide bonds. The van der Waals surface area contributed by atoms with E-state index >= 15 is 0 Å². The summed E-state index contributed by atoms with van der Waals surface area (Å²) in [4.78, 5) is 4.71. The molecular formula is C20H25N3O2S. The minimum Gasteiger partial charge on any atom is -0.370 e.